The van der Waals surface area contributed by atoms with E-state index in [4.69, 9.17) is 19.9 Å². The van der Waals surface area contributed by atoms with Gasteiger partial charge in [0.05, 0.1) is 22.7 Å². The van der Waals surface area contributed by atoms with Crippen molar-refractivity contribution in [2.75, 3.05) is 26.8 Å². The number of hydrogen-bond donors (Lipinski definition) is 1. The van der Waals surface area contributed by atoms with Crippen molar-refractivity contribution in [3.8, 4) is 0 Å². The Morgan fingerprint density at radius 3 is 2.90 bits per heavy atom. The molecule has 2 aromatic heterocycles. The molecule has 6 nitrogen and oxygen atoms in total. The summed E-state index contributed by atoms with van der Waals surface area (Å²) in [5, 5.41) is 0. The first-order chi connectivity index (χ1) is 14.8. The van der Waals surface area contributed by atoms with E-state index in [1.165, 1.54) is 0 Å². The number of aliphatic imine (C=N–C) groups is 1. The van der Waals surface area contributed by atoms with Crippen molar-refractivity contribution in [3.05, 3.63) is 47.5 Å². The Labute approximate surface area is 185 Å². The van der Waals surface area contributed by atoms with Crippen LogP contribution in [0.3, 0.4) is 0 Å². The van der Waals surface area contributed by atoms with Gasteiger partial charge in [0.1, 0.15) is 11.3 Å². The second-order valence-corrected chi connectivity index (χ2v) is 8.64. The highest BCUT2D eigenvalue weighted by Gasteiger charge is 2.25. The van der Waals surface area contributed by atoms with Gasteiger partial charge in [-0.25, -0.2) is 0 Å². The van der Waals surface area contributed by atoms with Crippen LogP contribution < -0.4 is 5.73 Å². The predicted molar refractivity (Wildman–Crippen MR) is 128 cm³/mol. The van der Waals surface area contributed by atoms with Gasteiger partial charge in [0.25, 0.3) is 0 Å². The number of rotatable bonds is 8. The number of nitrogens with zero attached hydrogens (tertiary/aromatic N) is 3. The topological polar surface area (TPSA) is 76.9 Å². The SMILES string of the molecule is C=C(N=C(C)/C(=C\C)N1CC(C)CC(N)C1)c1c(C)oc2cc(CCCOC)cnc12. The van der Waals surface area contributed by atoms with Crippen LogP contribution in [0.15, 0.2) is 40.0 Å². The van der Waals surface area contributed by atoms with Crippen LogP contribution in [0.5, 0.6) is 0 Å². The zero-order valence-corrected chi connectivity index (χ0v) is 19.6. The minimum absolute atomic E-state index is 0.192. The van der Waals surface area contributed by atoms with Gasteiger partial charge in [-0.2, -0.15) is 0 Å². The molecule has 2 unspecified atom stereocenters. The van der Waals surface area contributed by atoms with Crippen LogP contribution in [0.4, 0.5) is 0 Å². The molecule has 1 saturated heterocycles. The van der Waals surface area contributed by atoms with Gasteiger partial charge < -0.3 is 19.8 Å². The van der Waals surface area contributed by atoms with Crippen LogP contribution in [0.2, 0.25) is 0 Å². The third-order valence-corrected chi connectivity index (χ3v) is 5.84. The van der Waals surface area contributed by atoms with Gasteiger partial charge in [-0.3, -0.25) is 9.98 Å². The fourth-order valence-corrected chi connectivity index (χ4v) is 4.56. The maximum absolute atomic E-state index is 6.27. The average molecular weight is 425 g/mol. The van der Waals surface area contributed by atoms with E-state index in [0.717, 1.165) is 78.4 Å². The number of aromatic nitrogens is 1. The Kier molecular flexibility index (Phi) is 7.68. The fraction of sp³-hybridized carbons (Fsp3) is 0.520. The number of methoxy groups -OCH3 is 1. The Morgan fingerprint density at radius 1 is 1.45 bits per heavy atom. The van der Waals surface area contributed by atoms with Crippen LogP contribution in [-0.2, 0) is 11.2 Å². The van der Waals surface area contributed by atoms with Crippen LogP contribution >= 0.6 is 0 Å². The van der Waals surface area contributed by atoms with Crippen molar-refractivity contribution in [3.63, 3.8) is 0 Å². The first kappa shape index (κ1) is 23.2. The summed E-state index contributed by atoms with van der Waals surface area (Å²) in [6.07, 6.45) is 6.95. The van der Waals surface area contributed by atoms with E-state index in [0.29, 0.717) is 11.6 Å². The van der Waals surface area contributed by atoms with Crippen molar-refractivity contribution in [2.45, 2.75) is 53.0 Å². The summed E-state index contributed by atoms with van der Waals surface area (Å²) in [6.45, 7) is 15.1. The molecule has 0 bridgehead atoms. The largest absolute Gasteiger partial charge is 0.459 e. The lowest BCUT2D eigenvalue weighted by atomic mass is 9.95. The Balaban J connectivity index is 1.84. The number of allylic oxidation sites excluding steroid dienone is 2. The van der Waals surface area contributed by atoms with Crippen molar-refractivity contribution in [1.29, 1.82) is 0 Å². The smallest absolute Gasteiger partial charge is 0.153 e. The van der Waals surface area contributed by atoms with Crippen molar-refractivity contribution in [2.24, 2.45) is 16.6 Å². The molecule has 0 spiro atoms. The molecule has 2 atom stereocenters. The van der Waals surface area contributed by atoms with Gasteiger partial charge in [0.2, 0.25) is 0 Å². The zero-order chi connectivity index (χ0) is 22.5. The summed E-state index contributed by atoms with van der Waals surface area (Å²) >= 11 is 0. The van der Waals surface area contributed by atoms with Crippen LogP contribution in [-0.4, -0.2) is 48.4 Å². The second kappa shape index (κ2) is 10.2. The summed E-state index contributed by atoms with van der Waals surface area (Å²) in [7, 11) is 1.72. The number of pyridine rings is 1. The van der Waals surface area contributed by atoms with E-state index in [1.807, 2.05) is 27.0 Å². The fourth-order valence-electron chi connectivity index (χ4n) is 4.56. The molecule has 0 aromatic carbocycles. The Morgan fingerprint density at radius 2 is 2.23 bits per heavy atom. The third-order valence-electron chi connectivity index (χ3n) is 5.84. The van der Waals surface area contributed by atoms with Crippen LogP contribution in [0.25, 0.3) is 16.8 Å². The number of nitrogens with two attached hydrogens (primary N) is 1. The molecule has 0 amide bonds. The minimum Gasteiger partial charge on any atom is -0.459 e. The lowest BCUT2D eigenvalue weighted by Crippen LogP contribution is -2.46. The quantitative estimate of drug-likeness (QED) is 0.490. The molecule has 1 aliphatic rings. The monoisotopic (exact) mass is 424 g/mol. The van der Waals surface area contributed by atoms with E-state index in [1.54, 1.807) is 7.11 Å². The van der Waals surface area contributed by atoms with E-state index in [2.05, 4.69) is 35.5 Å². The van der Waals surface area contributed by atoms with Gasteiger partial charge in [-0.1, -0.05) is 19.6 Å². The van der Waals surface area contributed by atoms with E-state index >= 15 is 0 Å². The van der Waals surface area contributed by atoms with Crippen molar-refractivity contribution >= 4 is 22.5 Å². The third kappa shape index (κ3) is 5.43. The number of ether oxygens (including phenoxy) is 1. The molecule has 0 saturated carbocycles. The molecule has 3 heterocycles. The van der Waals surface area contributed by atoms with Crippen LogP contribution in [0.1, 0.15) is 50.5 Å². The molecule has 31 heavy (non-hydrogen) atoms. The van der Waals surface area contributed by atoms with Gasteiger partial charge >= 0.3 is 0 Å². The summed E-state index contributed by atoms with van der Waals surface area (Å²) < 4.78 is 11.2. The molecule has 0 aliphatic carbocycles. The maximum Gasteiger partial charge on any atom is 0.153 e. The number of fused-ring (bicyclic) bond motifs is 1. The van der Waals surface area contributed by atoms with E-state index < -0.39 is 0 Å². The predicted octanol–water partition coefficient (Wildman–Crippen LogP) is 4.72. The van der Waals surface area contributed by atoms with Gasteiger partial charge in [0.15, 0.2) is 5.58 Å². The molecular weight excluding hydrogens is 388 g/mol. The normalized spacial score (nSPS) is 20.5. The summed E-state index contributed by atoms with van der Waals surface area (Å²) in [5.74, 6) is 1.35. The van der Waals surface area contributed by atoms with Gasteiger partial charge in [-0.15, -0.1) is 0 Å². The number of piperidine rings is 1. The average Bonchev–Trinajstić information content (AvgIpc) is 3.03. The lowest BCUT2D eigenvalue weighted by molar-refractivity contribution is 0.195. The minimum atomic E-state index is 0.192. The van der Waals surface area contributed by atoms with Gasteiger partial charge in [0, 0.05) is 39.0 Å². The van der Waals surface area contributed by atoms with Gasteiger partial charge in [-0.05, 0) is 57.6 Å². The second-order valence-electron chi connectivity index (χ2n) is 8.64. The molecule has 168 valence electrons. The Bertz CT molecular complexity index is 979. The number of likely N-dealkylation sites (tertiary alicyclic amines) is 1. The summed E-state index contributed by atoms with van der Waals surface area (Å²) in [6, 6.07) is 2.25. The zero-order valence-electron chi connectivity index (χ0n) is 19.6. The van der Waals surface area contributed by atoms with E-state index in [9.17, 15) is 0 Å². The highest BCUT2D eigenvalue weighted by atomic mass is 16.5. The standard InChI is InChI=1S/C25H36N4O2/c1-7-22(29-14-16(2)11-21(26)15-29)17(3)28-18(4)24-19(5)31-23-12-20(9-8-10-30-6)13-27-25(23)24/h7,12-13,16,21H,4,8-11,14-15,26H2,1-3,5-6H3/b22-7+,28-17?. The van der Waals surface area contributed by atoms with Crippen molar-refractivity contribution < 1.29 is 9.15 Å². The molecule has 3 rings (SSSR count). The Hall–Kier alpha value is -2.44. The lowest BCUT2D eigenvalue weighted by Gasteiger charge is -2.37. The molecule has 6 heteroatoms. The first-order valence-electron chi connectivity index (χ1n) is 11.1. The first-order valence-corrected chi connectivity index (χ1v) is 11.1. The summed E-state index contributed by atoms with van der Waals surface area (Å²) in [4.78, 5) is 11.9. The highest BCUT2D eigenvalue weighted by Crippen LogP contribution is 2.31. The molecular formula is C25H36N4O2. The van der Waals surface area contributed by atoms with E-state index in [-0.39, 0.29) is 6.04 Å². The molecule has 2 N–H and O–H groups in total. The summed E-state index contributed by atoms with van der Waals surface area (Å²) in [5.41, 5.74) is 12.6. The number of hydrogen-bond acceptors (Lipinski definition) is 6. The number of aryl methyl sites for hydroxylation is 2. The maximum atomic E-state index is 6.27. The highest BCUT2D eigenvalue weighted by molar-refractivity contribution is 6.02. The van der Waals surface area contributed by atoms with Crippen LogP contribution in [0, 0.1) is 12.8 Å². The van der Waals surface area contributed by atoms with Crippen molar-refractivity contribution in [1.82, 2.24) is 9.88 Å². The molecule has 0 radical (unpaired) electrons. The number of furan rings is 1. The molecule has 1 aliphatic heterocycles. The molecule has 2 aromatic rings. The molecule has 1 fully saturated rings.